The van der Waals surface area contributed by atoms with Gasteiger partial charge in [-0.25, -0.2) is 4.98 Å². The van der Waals surface area contributed by atoms with E-state index in [1.165, 1.54) is 12.3 Å². The third kappa shape index (κ3) is 4.49. The summed E-state index contributed by atoms with van der Waals surface area (Å²) in [5.41, 5.74) is 0.441. The highest BCUT2D eigenvalue weighted by molar-refractivity contribution is 5.70. The molecule has 1 unspecified atom stereocenters. The van der Waals surface area contributed by atoms with Crippen molar-refractivity contribution in [1.82, 2.24) is 4.98 Å². The number of nitro groups is 1. The van der Waals surface area contributed by atoms with Crippen molar-refractivity contribution in [3.8, 4) is 0 Å². The van der Waals surface area contributed by atoms with Gasteiger partial charge >= 0.3 is 5.97 Å². The van der Waals surface area contributed by atoms with Crippen LogP contribution in [0, 0.1) is 28.9 Å². The molecule has 1 heterocycles. The number of carbonyl (C=O) groups is 1. The van der Waals surface area contributed by atoms with Crippen molar-refractivity contribution in [2.45, 2.75) is 27.2 Å². The van der Waals surface area contributed by atoms with Gasteiger partial charge in [0.2, 0.25) is 0 Å². The maximum Gasteiger partial charge on any atom is 0.308 e. The van der Waals surface area contributed by atoms with Gasteiger partial charge < -0.3 is 10.4 Å². The van der Waals surface area contributed by atoms with Crippen LogP contribution in [-0.2, 0) is 4.79 Å². The summed E-state index contributed by atoms with van der Waals surface area (Å²) in [4.78, 5) is 25.5. The monoisotopic (exact) mass is 281 g/mol. The number of hydrogen-bond donors (Lipinski definition) is 2. The number of nitrogens with zero attached hydrogens (tertiary/aromatic N) is 2. The summed E-state index contributed by atoms with van der Waals surface area (Å²) < 4.78 is 0. The minimum absolute atomic E-state index is 0.0294. The van der Waals surface area contributed by atoms with Crippen LogP contribution in [0.2, 0.25) is 0 Å². The molecule has 7 heteroatoms. The predicted molar refractivity (Wildman–Crippen MR) is 74.7 cm³/mol. The summed E-state index contributed by atoms with van der Waals surface area (Å²) in [7, 11) is 0. The number of aromatic nitrogens is 1. The van der Waals surface area contributed by atoms with E-state index in [9.17, 15) is 14.9 Å². The third-order valence-electron chi connectivity index (χ3n) is 2.91. The van der Waals surface area contributed by atoms with Crippen LogP contribution in [0.3, 0.4) is 0 Å². The molecule has 0 aliphatic heterocycles. The average molecular weight is 281 g/mol. The minimum Gasteiger partial charge on any atom is -0.481 e. The zero-order chi connectivity index (χ0) is 15.3. The second-order valence-corrected chi connectivity index (χ2v) is 5.16. The Morgan fingerprint density at radius 2 is 2.20 bits per heavy atom. The molecular formula is C13H19N3O4. The first-order chi connectivity index (χ1) is 9.31. The molecule has 0 saturated heterocycles. The summed E-state index contributed by atoms with van der Waals surface area (Å²) in [5.74, 6) is -0.847. The molecule has 0 spiro atoms. The van der Waals surface area contributed by atoms with Gasteiger partial charge in [-0.1, -0.05) is 13.8 Å². The lowest BCUT2D eigenvalue weighted by atomic mass is 9.97. The molecular weight excluding hydrogens is 262 g/mol. The maximum atomic E-state index is 11.1. The van der Waals surface area contributed by atoms with Gasteiger partial charge in [-0.2, -0.15) is 0 Å². The number of hydrogen-bond acceptors (Lipinski definition) is 5. The van der Waals surface area contributed by atoms with Crippen molar-refractivity contribution in [3.05, 3.63) is 27.9 Å². The van der Waals surface area contributed by atoms with E-state index in [2.05, 4.69) is 10.3 Å². The summed E-state index contributed by atoms with van der Waals surface area (Å²) in [6, 6.07) is 1.32. The smallest absolute Gasteiger partial charge is 0.308 e. The number of carboxylic acids is 1. The Kier molecular flexibility index (Phi) is 5.42. The van der Waals surface area contributed by atoms with Crippen molar-refractivity contribution in [2.75, 3.05) is 11.9 Å². The molecule has 110 valence electrons. The van der Waals surface area contributed by atoms with Gasteiger partial charge in [-0.3, -0.25) is 14.9 Å². The van der Waals surface area contributed by atoms with E-state index < -0.39 is 16.8 Å². The van der Waals surface area contributed by atoms with E-state index in [0.29, 0.717) is 17.8 Å². The fraction of sp³-hybridized carbons (Fsp3) is 0.538. The van der Waals surface area contributed by atoms with E-state index >= 15 is 0 Å². The Labute approximate surface area is 117 Å². The number of carboxylic acid groups (broad SMARTS) is 1. The van der Waals surface area contributed by atoms with Crippen LogP contribution in [0.1, 0.15) is 25.8 Å². The van der Waals surface area contributed by atoms with Crippen LogP contribution in [0.25, 0.3) is 0 Å². The van der Waals surface area contributed by atoms with Crippen LogP contribution in [0.4, 0.5) is 11.5 Å². The van der Waals surface area contributed by atoms with Gasteiger partial charge in [0.15, 0.2) is 0 Å². The summed E-state index contributed by atoms with van der Waals surface area (Å²) in [5, 5.41) is 22.8. The Hall–Kier alpha value is -2.18. The standard InChI is InChI=1S/C13H19N3O4/c1-8(2)4-10(13(17)18)7-15-12-5-11(16(19)20)9(3)6-14-12/h5-6,8,10H,4,7H2,1-3H3,(H,14,15)(H,17,18). The van der Waals surface area contributed by atoms with Gasteiger partial charge in [0.05, 0.1) is 16.9 Å². The fourth-order valence-electron chi connectivity index (χ4n) is 1.87. The molecule has 1 atom stereocenters. The molecule has 1 aromatic rings. The number of anilines is 1. The van der Waals surface area contributed by atoms with Crippen molar-refractivity contribution in [2.24, 2.45) is 11.8 Å². The van der Waals surface area contributed by atoms with Gasteiger partial charge in [0, 0.05) is 18.3 Å². The molecule has 0 fully saturated rings. The van der Waals surface area contributed by atoms with Crippen LogP contribution in [0.15, 0.2) is 12.3 Å². The molecule has 7 nitrogen and oxygen atoms in total. The Morgan fingerprint density at radius 3 is 2.70 bits per heavy atom. The molecule has 1 rings (SSSR count). The van der Waals surface area contributed by atoms with Crippen molar-refractivity contribution in [1.29, 1.82) is 0 Å². The number of aryl methyl sites for hydroxylation is 1. The van der Waals surface area contributed by atoms with E-state index in [0.717, 1.165) is 0 Å². The molecule has 0 aliphatic rings. The lowest BCUT2D eigenvalue weighted by Gasteiger charge is -2.15. The number of nitrogens with one attached hydrogen (secondary N) is 1. The lowest BCUT2D eigenvalue weighted by Crippen LogP contribution is -2.24. The molecule has 0 aliphatic carbocycles. The van der Waals surface area contributed by atoms with Gasteiger partial charge in [0.1, 0.15) is 5.82 Å². The van der Waals surface area contributed by atoms with Crippen molar-refractivity contribution < 1.29 is 14.8 Å². The first kappa shape index (κ1) is 15.9. The summed E-state index contributed by atoms with van der Waals surface area (Å²) in [6.07, 6.45) is 1.94. The average Bonchev–Trinajstić information content (AvgIpc) is 2.34. The van der Waals surface area contributed by atoms with Crippen molar-refractivity contribution in [3.63, 3.8) is 0 Å². The number of rotatable bonds is 7. The van der Waals surface area contributed by atoms with Crippen LogP contribution in [-0.4, -0.2) is 27.5 Å². The van der Waals surface area contributed by atoms with Gasteiger partial charge in [0.25, 0.3) is 5.69 Å². The van der Waals surface area contributed by atoms with E-state index in [-0.39, 0.29) is 18.2 Å². The fourth-order valence-corrected chi connectivity index (χ4v) is 1.87. The molecule has 0 saturated carbocycles. The molecule has 0 amide bonds. The first-order valence-electron chi connectivity index (χ1n) is 6.39. The maximum absolute atomic E-state index is 11.1. The number of aliphatic carboxylic acids is 1. The molecule has 20 heavy (non-hydrogen) atoms. The lowest BCUT2D eigenvalue weighted by molar-refractivity contribution is -0.385. The predicted octanol–water partition coefficient (Wildman–Crippen LogP) is 2.46. The minimum atomic E-state index is -0.882. The second-order valence-electron chi connectivity index (χ2n) is 5.16. The highest BCUT2D eigenvalue weighted by atomic mass is 16.6. The molecule has 2 N–H and O–H groups in total. The van der Waals surface area contributed by atoms with Crippen molar-refractivity contribution >= 4 is 17.5 Å². The van der Waals surface area contributed by atoms with E-state index in [1.54, 1.807) is 6.92 Å². The molecule has 0 aromatic carbocycles. The van der Waals surface area contributed by atoms with Crippen LogP contribution >= 0.6 is 0 Å². The third-order valence-corrected chi connectivity index (χ3v) is 2.91. The Bertz CT molecular complexity index is 502. The zero-order valence-electron chi connectivity index (χ0n) is 11.8. The Balaban J connectivity index is 2.75. The quantitative estimate of drug-likeness (QED) is 0.587. The first-order valence-corrected chi connectivity index (χ1v) is 6.39. The highest BCUT2D eigenvalue weighted by Gasteiger charge is 2.19. The highest BCUT2D eigenvalue weighted by Crippen LogP contribution is 2.20. The SMILES string of the molecule is Cc1cnc(NCC(CC(C)C)C(=O)O)cc1[N+](=O)[O-]. The Morgan fingerprint density at radius 1 is 1.55 bits per heavy atom. The topological polar surface area (TPSA) is 105 Å². The summed E-state index contributed by atoms with van der Waals surface area (Å²) in [6.45, 7) is 5.70. The second kappa shape index (κ2) is 6.83. The molecule has 0 bridgehead atoms. The van der Waals surface area contributed by atoms with Gasteiger partial charge in [-0.15, -0.1) is 0 Å². The van der Waals surface area contributed by atoms with E-state index in [4.69, 9.17) is 5.11 Å². The van der Waals surface area contributed by atoms with E-state index in [1.807, 2.05) is 13.8 Å². The zero-order valence-corrected chi connectivity index (χ0v) is 11.8. The van der Waals surface area contributed by atoms with Crippen LogP contribution < -0.4 is 5.32 Å². The summed E-state index contributed by atoms with van der Waals surface area (Å²) >= 11 is 0. The largest absolute Gasteiger partial charge is 0.481 e. The molecule has 1 aromatic heterocycles. The normalized spacial score (nSPS) is 12.2. The van der Waals surface area contributed by atoms with Gasteiger partial charge in [-0.05, 0) is 19.3 Å². The number of pyridine rings is 1. The van der Waals surface area contributed by atoms with Crippen LogP contribution in [0.5, 0.6) is 0 Å². The molecule has 0 radical (unpaired) electrons.